The first-order valence-corrected chi connectivity index (χ1v) is 20.0. The molecule has 1 aliphatic heterocycles. The second kappa shape index (κ2) is 22.5. The lowest BCUT2D eigenvalue weighted by molar-refractivity contribution is 0.00849. The average molecular weight is 783 g/mol. The smallest absolute Gasteiger partial charge is 0.122 e. The average Bonchev–Trinajstić information content (AvgIpc) is 3.18. The molecular weight excluding hydrogens is 718 g/mol. The Morgan fingerprint density at radius 1 is 0.943 bits per heavy atom. The van der Waals surface area contributed by atoms with Gasteiger partial charge in [-0.1, -0.05) is 140 Å². The minimum absolute atomic E-state index is 0.649. The molecule has 53 heavy (non-hydrogen) atoms. The number of allylic oxidation sites excluding steroid dienone is 5. The Kier molecular flexibility index (Phi) is 18.6. The molecule has 0 saturated carbocycles. The van der Waals surface area contributed by atoms with Crippen molar-refractivity contribution in [2.75, 3.05) is 60.5 Å². The quantitative estimate of drug-likeness (QED) is 0.120. The van der Waals surface area contributed by atoms with Crippen molar-refractivity contribution in [3.8, 4) is 5.75 Å². The van der Waals surface area contributed by atoms with Crippen LogP contribution in [0.15, 0.2) is 137 Å². The molecule has 4 rings (SSSR count). The van der Waals surface area contributed by atoms with Crippen LogP contribution >= 0.6 is 15.9 Å². The topological polar surface area (TPSA) is 28.2 Å². The highest BCUT2D eigenvalue weighted by Crippen LogP contribution is 2.41. The zero-order valence-electron chi connectivity index (χ0n) is 33.8. The molecule has 0 radical (unpaired) electrons. The van der Waals surface area contributed by atoms with E-state index in [9.17, 15) is 0 Å². The van der Waals surface area contributed by atoms with Crippen molar-refractivity contribution < 1.29 is 9.47 Å². The van der Waals surface area contributed by atoms with Crippen LogP contribution in [0.5, 0.6) is 5.75 Å². The number of hydrogen-bond donors (Lipinski definition) is 0. The summed E-state index contributed by atoms with van der Waals surface area (Å²) in [6.07, 6.45) is 8.97. The van der Waals surface area contributed by atoms with Gasteiger partial charge in [-0.05, 0) is 88.0 Å². The number of aryl methyl sites for hydroxylation is 1. The number of piperazine rings is 1. The largest absolute Gasteiger partial charge is 0.494 e. The lowest BCUT2D eigenvalue weighted by atomic mass is 9.81. The van der Waals surface area contributed by atoms with Crippen molar-refractivity contribution >= 4 is 15.9 Å². The maximum Gasteiger partial charge on any atom is 0.122 e. The summed E-state index contributed by atoms with van der Waals surface area (Å²) in [5.41, 5.74) is 8.99. The molecule has 1 heterocycles. The van der Waals surface area contributed by atoms with Gasteiger partial charge in [0.15, 0.2) is 0 Å². The number of nitrogens with zero attached hydrogens (tertiary/aromatic N) is 3. The summed E-state index contributed by atoms with van der Waals surface area (Å²) < 4.78 is 13.2. The highest BCUT2D eigenvalue weighted by molar-refractivity contribution is 9.11. The van der Waals surface area contributed by atoms with Gasteiger partial charge in [-0.25, -0.2) is 0 Å². The first kappa shape index (κ1) is 43.7. The van der Waals surface area contributed by atoms with Crippen LogP contribution in [-0.4, -0.2) is 75.2 Å². The minimum Gasteiger partial charge on any atom is -0.494 e. The Balaban J connectivity index is 0.00000372. The van der Waals surface area contributed by atoms with Crippen LogP contribution in [0.3, 0.4) is 0 Å². The van der Waals surface area contributed by atoms with Gasteiger partial charge in [0.1, 0.15) is 11.4 Å². The second-order valence-corrected chi connectivity index (χ2v) is 14.6. The van der Waals surface area contributed by atoms with E-state index >= 15 is 0 Å². The van der Waals surface area contributed by atoms with E-state index in [1.165, 1.54) is 27.8 Å². The Bertz CT molecular complexity index is 1670. The van der Waals surface area contributed by atoms with Crippen molar-refractivity contribution in [2.45, 2.75) is 66.0 Å². The van der Waals surface area contributed by atoms with Crippen LogP contribution in [-0.2, 0) is 23.3 Å². The van der Waals surface area contributed by atoms with Gasteiger partial charge in [-0.3, -0.25) is 4.90 Å². The van der Waals surface area contributed by atoms with E-state index in [1.54, 1.807) is 0 Å². The molecule has 0 N–H and O–H groups in total. The number of hydrogen-bond acceptors (Lipinski definition) is 5. The van der Waals surface area contributed by atoms with Crippen LogP contribution in [0, 0.1) is 6.92 Å². The maximum atomic E-state index is 6.50. The Hall–Kier alpha value is -3.68. The zero-order valence-corrected chi connectivity index (χ0v) is 35.3. The fourth-order valence-electron chi connectivity index (χ4n) is 6.80. The molecule has 0 bridgehead atoms. The lowest BCUT2D eigenvalue weighted by Gasteiger charge is -2.38. The van der Waals surface area contributed by atoms with Gasteiger partial charge in [-0.15, -0.1) is 0 Å². The van der Waals surface area contributed by atoms with E-state index in [0.29, 0.717) is 6.61 Å². The van der Waals surface area contributed by atoms with Crippen molar-refractivity contribution in [2.24, 2.45) is 0 Å². The molecule has 1 atom stereocenters. The molecule has 1 unspecified atom stereocenters. The summed E-state index contributed by atoms with van der Waals surface area (Å²) in [5, 5.41) is 0. The zero-order chi connectivity index (χ0) is 38.8. The summed E-state index contributed by atoms with van der Waals surface area (Å²) in [7, 11) is 6.02. The summed E-state index contributed by atoms with van der Waals surface area (Å²) in [6, 6.07) is 27.8. The molecule has 1 saturated heterocycles. The number of halogens is 1. The number of rotatable bonds is 18. The molecular formula is C47H64BrN3O2. The second-order valence-electron chi connectivity index (χ2n) is 13.7. The summed E-state index contributed by atoms with van der Waals surface area (Å²) in [4.78, 5) is 7.22. The van der Waals surface area contributed by atoms with Gasteiger partial charge in [0, 0.05) is 62.1 Å². The number of ether oxygens (including phenoxy) is 2. The fourth-order valence-corrected chi connectivity index (χ4v) is 7.24. The van der Waals surface area contributed by atoms with Crippen molar-refractivity contribution in [1.29, 1.82) is 0 Å². The molecule has 0 aliphatic carbocycles. The van der Waals surface area contributed by atoms with E-state index < -0.39 is 5.60 Å². The third kappa shape index (κ3) is 12.7. The van der Waals surface area contributed by atoms with Crippen LogP contribution in [0.2, 0.25) is 0 Å². The SMILES string of the molecule is C=C/C(Br)=C(\C=C(\C)C/C=C(/Cc1ccccc1)C(=C)N1CCN(Cc2ccc(OCC)c(C)c2)CC1)C(CCN(C)C)(OC)c1ccccc1.CC. The summed E-state index contributed by atoms with van der Waals surface area (Å²) >= 11 is 3.87. The maximum absolute atomic E-state index is 6.50. The predicted octanol–water partition coefficient (Wildman–Crippen LogP) is 10.9. The normalized spacial score (nSPS) is 15.6. The molecule has 0 aromatic heterocycles. The highest BCUT2D eigenvalue weighted by Gasteiger charge is 2.36. The molecule has 0 amide bonds. The number of methoxy groups -OCH3 is 1. The standard InChI is InChI=1S/C45H58BrN3O2.C2H6/c1-9-43(46)42(45(50-8,25-26-47(6)7)41-19-15-12-16-20-41)31-35(3)21-23-40(33-38-17-13-11-14-18-38)37(5)49-29-27-48(28-30-49)34-39-22-24-44(51-10-2)36(4)32-39;1-2/h9,11-20,22-24,31-32H,1,5,10,21,25-30,33-34H2,2-4,6-8H3;1-2H3/b35-31-,40-23-,43-42-;. The molecule has 1 fully saturated rings. The third-order valence-corrected chi connectivity index (χ3v) is 10.5. The monoisotopic (exact) mass is 781 g/mol. The molecule has 0 spiro atoms. The predicted molar refractivity (Wildman–Crippen MR) is 231 cm³/mol. The van der Waals surface area contributed by atoms with Crippen LogP contribution < -0.4 is 4.74 Å². The summed E-state index contributed by atoms with van der Waals surface area (Å²) in [5.74, 6) is 0.976. The third-order valence-electron chi connectivity index (χ3n) is 9.74. The van der Waals surface area contributed by atoms with Crippen LogP contribution in [0.4, 0.5) is 0 Å². The van der Waals surface area contributed by atoms with E-state index in [4.69, 9.17) is 9.47 Å². The van der Waals surface area contributed by atoms with E-state index in [0.717, 1.165) is 85.6 Å². The minimum atomic E-state index is -0.649. The molecule has 286 valence electrons. The van der Waals surface area contributed by atoms with Crippen molar-refractivity contribution in [3.05, 3.63) is 159 Å². The fraction of sp³-hybridized carbons (Fsp3) is 0.404. The lowest BCUT2D eigenvalue weighted by Crippen LogP contribution is -2.45. The van der Waals surface area contributed by atoms with Gasteiger partial charge < -0.3 is 19.3 Å². The van der Waals surface area contributed by atoms with Gasteiger partial charge >= 0.3 is 0 Å². The molecule has 3 aromatic carbocycles. The van der Waals surface area contributed by atoms with Crippen molar-refractivity contribution in [1.82, 2.24) is 14.7 Å². The van der Waals surface area contributed by atoms with Crippen LogP contribution in [0.25, 0.3) is 0 Å². The Labute approximate surface area is 330 Å². The van der Waals surface area contributed by atoms with E-state index in [-0.39, 0.29) is 0 Å². The van der Waals surface area contributed by atoms with Crippen LogP contribution in [0.1, 0.15) is 62.8 Å². The highest BCUT2D eigenvalue weighted by atomic mass is 79.9. The first-order chi connectivity index (χ1) is 25.6. The Morgan fingerprint density at radius 2 is 1.58 bits per heavy atom. The van der Waals surface area contributed by atoms with Gasteiger partial charge in [0.2, 0.25) is 0 Å². The van der Waals surface area contributed by atoms with Gasteiger partial charge in [0.25, 0.3) is 0 Å². The molecule has 6 heteroatoms. The summed E-state index contributed by atoms with van der Waals surface area (Å²) in [6.45, 7) is 25.6. The Morgan fingerprint density at radius 3 is 2.15 bits per heavy atom. The van der Waals surface area contributed by atoms with E-state index in [1.807, 2.05) is 34.0 Å². The first-order valence-electron chi connectivity index (χ1n) is 19.2. The van der Waals surface area contributed by atoms with Crippen molar-refractivity contribution in [3.63, 3.8) is 0 Å². The van der Waals surface area contributed by atoms with E-state index in [2.05, 4.69) is 163 Å². The number of benzene rings is 3. The molecule has 1 aliphatic rings. The van der Waals surface area contributed by atoms with Gasteiger partial charge in [0.05, 0.1) is 6.61 Å². The van der Waals surface area contributed by atoms with Gasteiger partial charge in [-0.2, -0.15) is 0 Å². The molecule has 5 nitrogen and oxygen atoms in total. The molecule has 3 aromatic rings.